The van der Waals surface area contributed by atoms with Crippen LogP contribution in [0.4, 0.5) is 0 Å². The smallest absolute Gasteiger partial charge is 0.237 e. The van der Waals surface area contributed by atoms with Crippen molar-refractivity contribution in [2.75, 3.05) is 6.61 Å². The lowest BCUT2D eigenvalue weighted by atomic mass is 9.95. The third kappa shape index (κ3) is 2.46. The maximum Gasteiger partial charge on any atom is 0.237 e. The summed E-state index contributed by atoms with van der Waals surface area (Å²) in [5, 5.41) is 3.99. The Balaban J connectivity index is 2.17. The van der Waals surface area contributed by atoms with Gasteiger partial charge in [0.05, 0.1) is 5.92 Å². The van der Waals surface area contributed by atoms with E-state index in [0.29, 0.717) is 18.1 Å². The Labute approximate surface area is 107 Å². The van der Waals surface area contributed by atoms with Crippen molar-refractivity contribution in [1.82, 2.24) is 10.1 Å². The molecule has 1 aliphatic heterocycles. The Kier molecular flexibility index (Phi) is 3.80. The standard InChI is InChI=1S/C13H20N2O3/c1-4-10(16)9(2)11-14-12(15-18-11)13(3)7-5-6-8-17-13/h9H,4-8H2,1-3H3. The first kappa shape index (κ1) is 13.2. The fourth-order valence-corrected chi connectivity index (χ4v) is 2.18. The summed E-state index contributed by atoms with van der Waals surface area (Å²) in [4.78, 5) is 16.0. The summed E-state index contributed by atoms with van der Waals surface area (Å²) in [5.41, 5.74) is -0.463. The molecular formula is C13H20N2O3. The molecule has 0 amide bonds. The molecule has 100 valence electrons. The van der Waals surface area contributed by atoms with Crippen LogP contribution in [0.1, 0.15) is 64.1 Å². The van der Waals surface area contributed by atoms with Gasteiger partial charge in [-0.3, -0.25) is 4.79 Å². The van der Waals surface area contributed by atoms with E-state index < -0.39 is 5.60 Å². The van der Waals surface area contributed by atoms with E-state index in [4.69, 9.17) is 9.26 Å². The van der Waals surface area contributed by atoms with Gasteiger partial charge in [-0.15, -0.1) is 0 Å². The van der Waals surface area contributed by atoms with Crippen LogP contribution in [0.5, 0.6) is 0 Å². The minimum atomic E-state index is -0.463. The lowest BCUT2D eigenvalue weighted by molar-refractivity contribution is -0.120. The van der Waals surface area contributed by atoms with Gasteiger partial charge in [-0.2, -0.15) is 4.98 Å². The molecule has 1 aromatic heterocycles. The molecule has 0 radical (unpaired) electrons. The highest BCUT2D eigenvalue weighted by Gasteiger charge is 2.35. The highest BCUT2D eigenvalue weighted by molar-refractivity contribution is 5.83. The maximum absolute atomic E-state index is 11.6. The Morgan fingerprint density at radius 1 is 1.50 bits per heavy atom. The number of ether oxygens (including phenoxy) is 1. The molecule has 1 aliphatic rings. The second-order valence-corrected chi connectivity index (χ2v) is 5.03. The van der Waals surface area contributed by atoms with Gasteiger partial charge >= 0.3 is 0 Å². The molecule has 5 nitrogen and oxygen atoms in total. The number of carbonyl (C=O) groups excluding carboxylic acids is 1. The van der Waals surface area contributed by atoms with Crippen molar-refractivity contribution in [2.45, 2.75) is 58.0 Å². The Hall–Kier alpha value is -1.23. The van der Waals surface area contributed by atoms with Crippen molar-refractivity contribution >= 4 is 5.78 Å². The number of hydrogen-bond donors (Lipinski definition) is 0. The first-order chi connectivity index (χ1) is 8.57. The van der Waals surface area contributed by atoms with Crippen molar-refractivity contribution in [3.8, 4) is 0 Å². The van der Waals surface area contributed by atoms with Crippen molar-refractivity contribution in [3.63, 3.8) is 0 Å². The van der Waals surface area contributed by atoms with Gasteiger partial charge in [0.15, 0.2) is 0 Å². The van der Waals surface area contributed by atoms with Crippen LogP contribution in [0.3, 0.4) is 0 Å². The van der Waals surface area contributed by atoms with Gasteiger partial charge in [-0.1, -0.05) is 12.1 Å². The fourth-order valence-electron chi connectivity index (χ4n) is 2.18. The Morgan fingerprint density at radius 3 is 2.89 bits per heavy atom. The quantitative estimate of drug-likeness (QED) is 0.824. The van der Waals surface area contributed by atoms with E-state index in [1.165, 1.54) is 0 Å². The van der Waals surface area contributed by atoms with E-state index in [-0.39, 0.29) is 11.7 Å². The third-order valence-electron chi connectivity index (χ3n) is 3.59. The number of aromatic nitrogens is 2. The highest BCUT2D eigenvalue weighted by Crippen LogP contribution is 2.33. The van der Waals surface area contributed by atoms with Crippen LogP contribution in [0.2, 0.25) is 0 Å². The number of Topliss-reactive ketones (excluding diaryl/α,β-unsaturated/α-hetero) is 1. The normalized spacial score (nSPS) is 25.9. The van der Waals surface area contributed by atoms with Crippen LogP contribution in [0, 0.1) is 0 Å². The maximum atomic E-state index is 11.6. The predicted octanol–water partition coefficient (Wildman–Crippen LogP) is 2.57. The van der Waals surface area contributed by atoms with E-state index in [9.17, 15) is 4.79 Å². The second-order valence-electron chi connectivity index (χ2n) is 5.03. The predicted molar refractivity (Wildman–Crippen MR) is 65.2 cm³/mol. The molecule has 0 spiro atoms. The van der Waals surface area contributed by atoms with Crippen LogP contribution in [0.25, 0.3) is 0 Å². The van der Waals surface area contributed by atoms with Gasteiger partial charge in [0.1, 0.15) is 11.4 Å². The Bertz CT molecular complexity index is 422. The molecule has 1 saturated heterocycles. The number of hydrogen-bond acceptors (Lipinski definition) is 5. The van der Waals surface area contributed by atoms with Crippen LogP contribution < -0.4 is 0 Å². The van der Waals surface area contributed by atoms with E-state index in [2.05, 4.69) is 10.1 Å². The molecule has 2 heterocycles. The SMILES string of the molecule is CCC(=O)C(C)c1nc(C2(C)CCCCO2)no1. The lowest BCUT2D eigenvalue weighted by Gasteiger charge is -2.30. The van der Waals surface area contributed by atoms with Crippen molar-refractivity contribution < 1.29 is 14.1 Å². The molecule has 1 fully saturated rings. The molecule has 0 aliphatic carbocycles. The zero-order valence-electron chi connectivity index (χ0n) is 11.2. The molecule has 5 heteroatoms. The zero-order valence-corrected chi connectivity index (χ0v) is 11.2. The number of ketones is 1. The zero-order chi connectivity index (χ0) is 13.2. The van der Waals surface area contributed by atoms with Crippen molar-refractivity contribution in [2.24, 2.45) is 0 Å². The van der Waals surface area contributed by atoms with Crippen LogP contribution in [-0.4, -0.2) is 22.5 Å². The molecule has 0 bridgehead atoms. The van der Waals surface area contributed by atoms with Gasteiger partial charge in [-0.05, 0) is 33.1 Å². The van der Waals surface area contributed by atoms with Crippen molar-refractivity contribution in [1.29, 1.82) is 0 Å². The second kappa shape index (κ2) is 5.18. The summed E-state index contributed by atoms with van der Waals surface area (Å²) in [7, 11) is 0. The largest absolute Gasteiger partial charge is 0.367 e. The van der Waals surface area contributed by atoms with E-state index >= 15 is 0 Å². The Morgan fingerprint density at radius 2 is 2.28 bits per heavy atom. The van der Waals surface area contributed by atoms with Crippen LogP contribution >= 0.6 is 0 Å². The van der Waals surface area contributed by atoms with Gasteiger partial charge in [0.25, 0.3) is 0 Å². The summed E-state index contributed by atoms with van der Waals surface area (Å²) in [6.45, 7) is 6.34. The number of rotatable bonds is 4. The average Bonchev–Trinajstić information content (AvgIpc) is 2.88. The molecule has 0 N–H and O–H groups in total. The van der Waals surface area contributed by atoms with E-state index in [1.54, 1.807) is 6.92 Å². The van der Waals surface area contributed by atoms with Gasteiger partial charge < -0.3 is 9.26 Å². The summed E-state index contributed by atoms with van der Waals surface area (Å²) in [6.07, 6.45) is 3.55. The molecule has 2 unspecified atom stereocenters. The first-order valence-corrected chi connectivity index (χ1v) is 6.57. The van der Waals surface area contributed by atoms with Crippen LogP contribution in [0.15, 0.2) is 4.52 Å². The van der Waals surface area contributed by atoms with Crippen molar-refractivity contribution in [3.05, 3.63) is 11.7 Å². The molecule has 18 heavy (non-hydrogen) atoms. The molecule has 2 atom stereocenters. The van der Waals surface area contributed by atoms with Gasteiger partial charge in [0, 0.05) is 13.0 Å². The lowest BCUT2D eigenvalue weighted by Crippen LogP contribution is -2.31. The van der Waals surface area contributed by atoms with E-state index in [1.807, 2.05) is 13.8 Å². The van der Waals surface area contributed by atoms with Crippen LogP contribution in [-0.2, 0) is 15.1 Å². The molecule has 0 saturated carbocycles. The van der Waals surface area contributed by atoms with Gasteiger partial charge in [-0.25, -0.2) is 0 Å². The highest BCUT2D eigenvalue weighted by atomic mass is 16.5. The van der Waals surface area contributed by atoms with Gasteiger partial charge in [0.2, 0.25) is 11.7 Å². The minimum absolute atomic E-state index is 0.111. The monoisotopic (exact) mass is 252 g/mol. The summed E-state index contributed by atoms with van der Waals surface area (Å²) >= 11 is 0. The van der Waals surface area contributed by atoms with E-state index in [0.717, 1.165) is 25.9 Å². The molecule has 1 aromatic rings. The number of carbonyl (C=O) groups is 1. The molecular weight excluding hydrogens is 232 g/mol. The summed E-state index contributed by atoms with van der Waals surface area (Å²) in [6, 6.07) is 0. The third-order valence-corrected chi connectivity index (χ3v) is 3.59. The summed E-state index contributed by atoms with van der Waals surface area (Å²) < 4.78 is 11.0. The molecule has 0 aromatic carbocycles. The minimum Gasteiger partial charge on any atom is -0.367 e. The topological polar surface area (TPSA) is 65.2 Å². The fraction of sp³-hybridized carbons (Fsp3) is 0.769. The summed E-state index contributed by atoms with van der Waals surface area (Å²) in [5.74, 6) is 0.739. The number of nitrogens with zero attached hydrogens (tertiary/aromatic N) is 2. The molecule has 2 rings (SSSR count). The average molecular weight is 252 g/mol. The first-order valence-electron chi connectivity index (χ1n) is 6.57.